The molecule has 7 nitrogen and oxygen atoms in total. The van der Waals surface area contributed by atoms with Gasteiger partial charge in [0.25, 0.3) is 5.91 Å². The van der Waals surface area contributed by atoms with E-state index >= 15 is 0 Å². The van der Waals surface area contributed by atoms with Crippen LogP contribution >= 0.6 is 0 Å². The van der Waals surface area contributed by atoms with E-state index < -0.39 is 6.04 Å². The maximum atomic E-state index is 12.8. The summed E-state index contributed by atoms with van der Waals surface area (Å²) in [5, 5.41) is 16.9. The molecule has 1 fully saturated rings. The van der Waals surface area contributed by atoms with Gasteiger partial charge in [0.1, 0.15) is 17.6 Å². The van der Waals surface area contributed by atoms with Crippen molar-refractivity contribution in [1.82, 2.24) is 15.4 Å². The van der Waals surface area contributed by atoms with Crippen LogP contribution in [-0.2, 0) is 11.2 Å². The Morgan fingerprint density at radius 2 is 2.11 bits per heavy atom. The highest BCUT2D eigenvalue weighted by Gasteiger charge is 2.35. The van der Waals surface area contributed by atoms with E-state index in [0.29, 0.717) is 19.4 Å². The number of aromatic nitrogens is 1. The molecule has 1 aromatic carbocycles. The number of nitrogens with zero attached hydrogens (tertiary/aromatic N) is 2. The van der Waals surface area contributed by atoms with Gasteiger partial charge in [-0.2, -0.15) is 0 Å². The van der Waals surface area contributed by atoms with Gasteiger partial charge in [0.2, 0.25) is 5.91 Å². The third kappa shape index (κ3) is 3.97. The average molecular weight is 371 g/mol. The van der Waals surface area contributed by atoms with Crippen molar-refractivity contribution in [2.45, 2.75) is 52.1 Å². The van der Waals surface area contributed by atoms with E-state index in [2.05, 4.69) is 10.5 Å². The van der Waals surface area contributed by atoms with Crippen LogP contribution < -0.4 is 5.32 Å². The summed E-state index contributed by atoms with van der Waals surface area (Å²) < 4.78 is 5.17. The zero-order valence-electron chi connectivity index (χ0n) is 15.9. The average Bonchev–Trinajstić information content (AvgIpc) is 3.24. The zero-order chi connectivity index (χ0) is 19.6. The summed E-state index contributed by atoms with van der Waals surface area (Å²) in [7, 11) is 0. The van der Waals surface area contributed by atoms with Crippen LogP contribution in [0.15, 0.2) is 28.8 Å². The molecule has 1 aromatic heterocycles. The minimum atomic E-state index is -0.524. The molecule has 2 aromatic rings. The highest BCUT2D eigenvalue weighted by atomic mass is 16.5. The minimum absolute atomic E-state index is 0.0691. The molecule has 0 saturated carbocycles. The number of likely N-dealkylation sites (tertiary alicyclic amines) is 1. The lowest BCUT2D eigenvalue weighted by molar-refractivity contribution is -0.125. The predicted octanol–water partition coefficient (Wildman–Crippen LogP) is 2.35. The Kier molecular flexibility index (Phi) is 5.48. The topological polar surface area (TPSA) is 95.7 Å². The molecule has 2 amide bonds. The first kappa shape index (κ1) is 18.9. The number of rotatable bonds is 5. The lowest BCUT2D eigenvalue weighted by Crippen LogP contribution is -2.48. The molecule has 0 radical (unpaired) electrons. The third-order valence-electron chi connectivity index (χ3n) is 5.03. The number of hydrogen-bond acceptors (Lipinski definition) is 5. The molecule has 1 saturated heterocycles. The summed E-state index contributed by atoms with van der Waals surface area (Å²) in [6, 6.07) is 5.77. The Bertz CT molecular complexity index is 826. The van der Waals surface area contributed by atoms with E-state index in [1.165, 1.54) is 6.07 Å². The van der Waals surface area contributed by atoms with Crippen molar-refractivity contribution in [2.75, 3.05) is 6.54 Å². The van der Waals surface area contributed by atoms with Crippen LogP contribution in [0.1, 0.15) is 47.1 Å². The zero-order valence-corrected chi connectivity index (χ0v) is 15.9. The molecular formula is C20H25N3O4. The van der Waals surface area contributed by atoms with Crippen LogP contribution in [0.4, 0.5) is 0 Å². The molecule has 1 aliphatic heterocycles. The molecule has 2 atom stereocenters. The monoisotopic (exact) mass is 371 g/mol. The fraction of sp³-hybridized carbons (Fsp3) is 0.450. The standard InChI is InChI=1S/C20H25N3O4/c1-12(11-16-13(2)22-27-14(16)3)21-19(25)17-8-6-10-23(17)20(26)15-7-4-5-9-18(15)24/h4-5,7,9,12,17,24H,6,8,10-11H2,1-3H3,(H,21,25). The number of aryl methyl sites for hydroxylation is 2. The summed E-state index contributed by atoms with van der Waals surface area (Å²) in [4.78, 5) is 27.1. The van der Waals surface area contributed by atoms with Crippen molar-refractivity contribution in [3.05, 3.63) is 46.8 Å². The molecule has 7 heteroatoms. The molecule has 1 aliphatic rings. The SMILES string of the molecule is Cc1noc(C)c1CC(C)NC(=O)C1CCCN1C(=O)c1ccccc1O. The fourth-order valence-corrected chi connectivity index (χ4v) is 3.58. The van der Waals surface area contributed by atoms with E-state index in [9.17, 15) is 14.7 Å². The van der Waals surface area contributed by atoms with Crippen LogP contribution in [-0.4, -0.2) is 45.6 Å². The second-order valence-electron chi connectivity index (χ2n) is 7.09. The van der Waals surface area contributed by atoms with Crippen LogP contribution in [0.3, 0.4) is 0 Å². The highest BCUT2D eigenvalue weighted by Crippen LogP contribution is 2.24. The lowest BCUT2D eigenvalue weighted by Gasteiger charge is -2.26. The minimum Gasteiger partial charge on any atom is -0.507 e. The molecule has 3 rings (SSSR count). The summed E-state index contributed by atoms with van der Waals surface area (Å²) in [5.74, 6) is 0.200. The van der Waals surface area contributed by atoms with Gasteiger partial charge in [0.05, 0.1) is 11.3 Å². The van der Waals surface area contributed by atoms with E-state index in [1.54, 1.807) is 23.1 Å². The molecule has 2 N–H and O–H groups in total. The Balaban J connectivity index is 1.67. The van der Waals surface area contributed by atoms with Gasteiger partial charge in [0.15, 0.2) is 0 Å². The molecule has 27 heavy (non-hydrogen) atoms. The summed E-state index contributed by atoms with van der Waals surface area (Å²) in [6.45, 7) is 6.16. The fourth-order valence-electron chi connectivity index (χ4n) is 3.58. The summed E-state index contributed by atoms with van der Waals surface area (Å²) in [5.41, 5.74) is 2.04. The van der Waals surface area contributed by atoms with Crippen LogP contribution in [0, 0.1) is 13.8 Å². The van der Waals surface area contributed by atoms with E-state index in [-0.39, 0.29) is 29.2 Å². The van der Waals surface area contributed by atoms with Gasteiger partial charge in [-0.3, -0.25) is 9.59 Å². The van der Waals surface area contributed by atoms with Gasteiger partial charge in [-0.1, -0.05) is 17.3 Å². The number of phenols is 1. The first-order chi connectivity index (χ1) is 12.9. The number of phenolic OH excluding ortho intramolecular Hbond substituents is 1. The number of carbonyl (C=O) groups excluding carboxylic acids is 2. The van der Waals surface area contributed by atoms with Crippen molar-refractivity contribution in [1.29, 1.82) is 0 Å². The second-order valence-corrected chi connectivity index (χ2v) is 7.09. The number of amides is 2. The van der Waals surface area contributed by atoms with Gasteiger partial charge in [-0.05, 0) is 52.2 Å². The van der Waals surface area contributed by atoms with Crippen molar-refractivity contribution in [3.8, 4) is 5.75 Å². The van der Waals surface area contributed by atoms with E-state index in [1.807, 2.05) is 20.8 Å². The van der Waals surface area contributed by atoms with Crippen molar-refractivity contribution in [2.24, 2.45) is 0 Å². The van der Waals surface area contributed by atoms with Gasteiger partial charge < -0.3 is 19.8 Å². The third-order valence-corrected chi connectivity index (χ3v) is 5.03. The number of nitrogens with one attached hydrogen (secondary N) is 1. The number of aromatic hydroxyl groups is 1. The highest BCUT2D eigenvalue weighted by molar-refractivity contribution is 5.99. The predicted molar refractivity (Wildman–Crippen MR) is 99.5 cm³/mol. The maximum absolute atomic E-state index is 12.8. The van der Waals surface area contributed by atoms with Crippen LogP contribution in [0.2, 0.25) is 0 Å². The molecule has 0 spiro atoms. The molecule has 2 heterocycles. The molecule has 144 valence electrons. The molecule has 0 bridgehead atoms. The molecule has 0 aliphatic carbocycles. The van der Waals surface area contributed by atoms with Crippen molar-refractivity contribution < 1.29 is 19.2 Å². The molecular weight excluding hydrogens is 346 g/mol. The van der Waals surface area contributed by atoms with Gasteiger partial charge >= 0.3 is 0 Å². The van der Waals surface area contributed by atoms with Crippen LogP contribution in [0.5, 0.6) is 5.75 Å². The Morgan fingerprint density at radius 1 is 1.37 bits per heavy atom. The molecule has 2 unspecified atom stereocenters. The smallest absolute Gasteiger partial charge is 0.258 e. The second kappa shape index (κ2) is 7.82. The normalized spacial score (nSPS) is 17.7. The van der Waals surface area contributed by atoms with Crippen molar-refractivity contribution in [3.63, 3.8) is 0 Å². The number of hydrogen-bond donors (Lipinski definition) is 2. The van der Waals surface area contributed by atoms with Crippen LogP contribution in [0.25, 0.3) is 0 Å². The lowest BCUT2D eigenvalue weighted by atomic mass is 10.0. The Labute approximate surface area is 158 Å². The maximum Gasteiger partial charge on any atom is 0.258 e. The summed E-state index contributed by atoms with van der Waals surface area (Å²) >= 11 is 0. The van der Waals surface area contributed by atoms with E-state index in [0.717, 1.165) is 23.4 Å². The quantitative estimate of drug-likeness (QED) is 0.841. The number of carbonyl (C=O) groups is 2. The number of benzene rings is 1. The van der Waals surface area contributed by atoms with Gasteiger partial charge in [-0.25, -0.2) is 0 Å². The Hall–Kier alpha value is -2.83. The first-order valence-corrected chi connectivity index (χ1v) is 9.19. The number of para-hydroxylation sites is 1. The van der Waals surface area contributed by atoms with Gasteiger partial charge in [-0.15, -0.1) is 0 Å². The summed E-state index contributed by atoms with van der Waals surface area (Å²) in [6.07, 6.45) is 1.99. The first-order valence-electron chi connectivity index (χ1n) is 9.19. The van der Waals surface area contributed by atoms with E-state index in [4.69, 9.17) is 4.52 Å². The van der Waals surface area contributed by atoms with Crippen molar-refractivity contribution >= 4 is 11.8 Å². The van der Waals surface area contributed by atoms with Gasteiger partial charge in [0, 0.05) is 18.2 Å². The largest absolute Gasteiger partial charge is 0.507 e. The Morgan fingerprint density at radius 3 is 2.78 bits per heavy atom.